The van der Waals surface area contributed by atoms with Gasteiger partial charge in [-0.2, -0.15) is 0 Å². The van der Waals surface area contributed by atoms with Gasteiger partial charge in [0.15, 0.2) is 0 Å². The molecule has 1 N–H and O–H groups in total. The van der Waals surface area contributed by atoms with Crippen LogP contribution in [0.5, 0.6) is 0 Å². The fourth-order valence-corrected chi connectivity index (χ4v) is 4.13. The van der Waals surface area contributed by atoms with E-state index in [0.29, 0.717) is 11.5 Å². The van der Waals surface area contributed by atoms with E-state index < -0.39 is 0 Å². The first kappa shape index (κ1) is 17.6. The van der Waals surface area contributed by atoms with Crippen LogP contribution in [0.25, 0.3) is 16.7 Å². The molecule has 0 aliphatic rings. The zero-order chi connectivity index (χ0) is 18.8. The van der Waals surface area contributed by atoms with Gasteiger partial charge < -0.3 is 9.88 Å². The Balaban J connectivity index is 1.44. The maximum absolute atomic E-state index is 12.5. The first-order chi connectivity index (χ1) is 13.2. The van der Waals surface area contributed by atoms with Gasteiger partial charge in [-0.1, -0.05) is 25.1 Å². The third-order valence-electron chi connectivity index (χ3n) is 4.57. The fraction of sp³-hybridized carbons (Fsp3) is 0.250. The summed E-state index contributed by atoms with van der Waals surface area (Å²) in [7, 11) is 2.02. The molecule has 27 heavy (non-hydrogen) atoms. The molecular weight excluding hydrogens is 358 g/mol. The van der Waals surface area contributed by atoms with Crippen LogP contribution < -0.4 is 5.32 Å². The van der Waals surface area contributed by atoms with Gasteiger partial charge in [-0.25, -0.2) is 9.97 Å². The van der Waals surface area contributed by atoms with E-state index in [9.17, 15) is 4.79 Å². The number of fused-ring (bicyclic) bond motifs is 2. The van der Waals surface area contributed by atoms with Gasteiger partial charge in [0.2, 0.25) is 11.7 Å². The van der Waals surface area contributed by atoms with E-state index >= 15 is 0 Å². The number of para-hydroxylation sites is 1. The molecule has 4 aromatic rings. The quantitative estimate of drug-likeness (QED) is 0.520. The number of rotatable bonds is 6. The van der Waals surface area contributed by atoms with E-state index in [2.05, 4.69) is 38.2 Å². The van der Waals surface area contributed by atoms with E-state index in [1.165, 1.54) is 10.9 Å². The minimum absolute atomic E-state index is 0.00444. The highest BCUT2D eigenvalue weighted by atomic mass is 32.2. The van der Waals surface area contributed by atoms with Crippen LogP contribution in [0.4, 0.5) is 0 Å². The summed E-state index contributed by atoms with van der Waals surface area (Å²) in [6.07, 6.45) is 8.40. The van der Waals surface area contributed by atoms with Gasteiger partial charge in [-0.05, 0) is 18.6 Å². The average Bonchev–Trinajstić information content (AvgIpc) is 3.26. The van der Waals surface area contributed by atoms with Crippen molar-refractivity contribution in [1.82, 2.24) is 24.3 Å². The molecule has 0 spiro atoms. The molecule has 138 valence electrons. The Kier molecular flexibility index (Phi) is 4.85. The summed E-state index contributed by atoms with van der Waals surface area (Å²) in [5.41, 5.74) is 2.00. The first-order valence-corrected chi connectivity index (χ1v) is 9.90. The minimum atomic E-state index is -0.118. The molecule has 1 unspecified atom stereocenters. The molecule has 0 bridgehead atoms. The molecule has 0 aliphatic carbocycles. The van der Waals surface area contributed by atoms with Crippen LogP contribution in [-0.4, -0.2) is 30.6 Å². The number of nitrogens with one attached hydrogen (secondary N) is 1. The molecule has 1 atom stereocenters. The smallest absolute Gasteiger partial charge is 0.233 e. The van der Waals surface area contributed by atoms with Crippen LogP contribution >= 0.6 is 11.8 Å². The number of hydrogen-bond acceptors (Lipinski definition) is 4. The Hall–Kier alpha value is -2.80. The van der Waals surface area contributed by atoms with Crippen molar-refractivity contribution in [2.45, 2.75) is 24.3 Å². The van der Waals surface area contributed by atoms with E-state index in [4.69, 9.17) is 0 Å². The maximum Gasteiger partial charge on any atom is 0.233 e. The highest BCUT2D eigenvalue weighted by Gasteiger charge is 2.17. The molecule has 0 radical (unpaired) electrons. The summed E-state index contributed by atoms with van der Waals surface area (Å²) in [4.78, 5) is 22.4. The number of thioether (sulfide) groups is 1. The Morgan fingerprint density at radius 3 is 2.93 bits per heavy atom. The highest BCUT2D eigenvalue weighted by Crippen LogP contribution is 2.29. The number of carbonyl (C=O) groups excluding carboxylic acids is 1. The van der Waals surface area contributed by atoms with Crippen molar-refractivity contribution in [3.05, 3.63) is 60.8 Å². The summed E-state index contributed by atoms with van der Waals surface area (Å²) in [6.45, 7) is 2.04. The monoisotopic (exact) mass is 379 g/mol. The van der Waals surface area contributed by atoms with Crippen molar-refractivity contribution in [1.29, 1.82) is 0 Å². The van der Waals surface area contributed by atoms with Gasteiger partial charge in [-0.15, -0.1) is 11.8 Å². The number of benzene rings is 1. The van der Waals surface area contributed by atoms with Gasteiger partial charge in [0.1, 0.15) is 0 Å². The topological polar surface area (TPSA) is 64.2 Å². The Labute approximate surface area is 161 Å². The number of nitrogens with zero attached hydrogens (tertiary/aromatic N) is 4. The number of hydrogen-bond donors (Lipinski definition) is 1. The van der Waals surface area contributed by atoms with Gasteiger partial charge in [-0.3, -0.25) is 9.20 Å². The molecule has 0 fully saturated rings. The first-order valence-electron chi connectivity index (χ1n) is 8.91. The fourth-order valence-electron chi connectivity index (χ4n) is 3.20. The Morgan fingerprint density at radius 2 is 2.11 bits per heavy atom. The summed E-state index contributed by atoms with van der Waals surface area (Å²) in [5.74, 6) is 1.02. The molecule has 4 rings (SSSR count). The third kappa shape index (κ3) is 3.55. The lowest BCUT2D eigenvalue weighted by atomic mass is 10.2. The standard InChI is InChI=1S/C20H21N5OS/c1-3-15(16-11-25-10-6-9-21-20(25)23-16)22-19(26)13-27-18-12-24(2)17-8-5-4-7-14(17)18/h4-12,15H,3,13H2,1-2H3,(H,22,26). The summed E-state index contributed by atoms with van der Waals surface area (Å²) < 4.78 is 3.96. The Bertz CT molecular complexity index is 1070. The van der Waals surface area contributed by atoms with E-state index in [1.807, 2.05) is 49.0 Å². The van der Waals surface area contributed by atoms with Crippen LogP contribution in [0, 0.1) is 0 Å². The molecule has 3 heterocycles. The summed E-state index contributed by atoms with van der Waals surface area (Å²) >= 11 is 1.56. The van der Waals surface area contributed by atoms with Crippen molar-refractivity contribution in [3.8, 4) is 0 Å². The number of aromatic nitrogens is 4. The van der Waals surface area contributed by atoms with Crippen molar-refractivity contribution < 1.29 is 4.79 Å². The minimum Gasteiger partial charge on any atom is -0.349 e. The van der Waals surface area contributed by atoms with Gasteiger partial charge in [0.05, 0.1) is 17.5 Å². The van der Waals surface area contributed by atoms with Crippen LogP contribution in [0.3, 0.4) is 0 Å². The SMILES string of the molecule is CCC(NC(=O)CSc1cn(C)c2ccccc12)c1cn2cccnc2n1. The molecule has 0 aliphatic heterocycles. The summed E-state index contributed by atoms with van der Waals surface area (Å²) in [6, 6.07) is 9.97. The predicted octanol–water partition coefficient (Wildman–Crippen LogP) is 3.58. The maximum atomic E-state index is 12.5. The third-order valence-corrected chi connectivity index (χ3v) is 5.62. The summed E-state index contributed by atoms with van der Waals surface area (Å²) in [5, 5.41) is 4.28. The van der Waals surface area contributed by atoms with Crippen molar-refractivity contribution >= 4 is 34.3 Å². The number of carbonyl (C=O) groups is 1. The van der Waals surface area contributed by atoms with Gasteiger partial charge in [0, 0.05) is 47.6 Å². The predicted molar refractivity (Wildman–Crippen MR) is 108 cm³/mol. The van der Waals surface area contributed by atoms with Crippen molar-refractivity contribution in [2.75, 3.05) is 5.75 Å². The molecule has 0 saturated carbocycles. The molecule has 3 aromatic heterocycles. The normalized spacial score (nSPS) is 12.5. The Morgan fingerprint density at radius 1 is 1.26 bits per heavy atom. The zero-order valence-electron chi connectivity index (χ0n) is 15.3. The van der Waals surface area contributed by atoms with Crippen LogP contribution in [0.1, 0.15) is 25.1 Å². The molecule has 6 nitrogen and oxygen atoms in total. The second-order valence-corrected chi connectivity index (χ2v) is 7.45. The van der Waals surface area contributed by atoms with Gasteiger partial charge in [0.25, 0.3) is 0 Å². The number of aryl methyl sites for hydroxylation is 1. The molecular formula is C20H21N5OS. The van der Waals surface area contributed by atoms with Gasteiger partial charge >= 0.3 is 0 Å². The number of amides is 1. The van der Waals surface area contributed by atoms with Crippen LogP contribution in [0.15, 0.2) is 60.0 Å². The zero-order valence-corrected chi connectivity index (χ0v) is 16.1. The lowest BCUT2D eigenvalue weighted by Crippen LogP contribution is -2.29. The largest absolute Gasteiger partial charge is 0.349 e. The van der Waals surface area contributed by atoms with Crippen molar-refractivity contribution in [2.24, 2.45) is 7.05 Å². The van der Waals surface area contributed by atoms with Crippen molar-refractivity contribution in [3.63, 3.8) is 0 Å². The van der Waals surface area contributed by atoms with E-state index in [1.54, 1.807) is 18.0 Å². The molecule has 7 heteroatoms. The number of imidazole rings is 1. The molecule has 1 amide bonds. The lowest BCUT2D eigenvalue weighted by Gasteiger charge is -2.14. The van der Waals surface area contributed by atoms with E-state index in [-0.39, 0.29) is 11.9 Å². The molecule has 0 saturated heterocycles. The van der Waals surface area contributed by atoms with Crippen LogP contribution in [0.2, 0.25) is 0 Å². The average molecular weight is 379 g/mol. The second kappa shape index (κ2) is 7.44. The molecule has 1 aromatic carbocycles. The van der Waals surface area contributed by atoms with Crippen LogP contribution in [-0.2, 0) is 11.8 Å². The van der Waals surface area contributed by atoms with E-state index in [0.717, 1.165) is 17.0 Å². The lowest BCUT2D eigenvalue weighted by molar-refractivity contribution is -0.119. The highest BCUT2D eigenvalue weighted by molar-refractivity contribution is 8.00. The second-order valence-electron chi connectivity index (χ2n) is 6.43.